The van der Waals surface area contributed by atoms with Crippen molar-refractivity contribution >= 4 is 5.97 Å². The van der Waals surface area contributed by atoms with Gasteiger partial charge >= 0.3 is 5.97 Å². The van der Waals surface area contributed by atoms with Crippen LogP contribution in [0.15, 0.2) is 11.6 Å². The van der Waals surface area contributed by atoms with Crippen molar-refractivity contribution in [3.8, 4) is 0 Å². The minimum atomic E-state index is -0.521. The number of aliphatic hydroxyl groups is 2. The summed E-state index contributed by atoms with van der Waals surface area (Å²) in [6, 6.07) is 0. The van der Waals surface area contributed by atoms with Crippen LogP contribution in [0.5, 0.6) is 0 Å². The molecule has 0 amide bonds. The molecule has 6 heteroatoms. The highest BCUT2D eigenvalue weighted by Crippen LogP contribution is 2.34. The average molecular weight is 397 g/mol. The number of carbonyl (C=O) groups excluding carboxylic acids is 1. The zero-order valence-corrected chi connectivity index (χ0v) is 17.2. The van der Waals surface area contributed by atoms with Crippen LogP contribution >= 0.6 is 0 Å². The molecule has 0 aromatic heterocycles. The molecule has 3 heterocycles. The zero-order valence-electron chi connectivity index (χ0n) is 17.2. The van der Waals surface area contributed by atoms with E-state index in [-0.39, 0.29) is 42.6 Å². The Morgan fingerprint density at radius 1 is 1.00 bits per heavy atom. The van der Waals surface area contributed by atoms with Crippen LogP contribution in [0.2, 0.25) is 0 Å². The lowest BCUT2D eigenvalue weighted by Crippen LogP contribution is -2.33. The number of hydrogen-bond donors (Lipinski definition) is 2. The first-order chi connectivity index (χ1) is 13.5. The Labute approximate surface area is 168 Å². The quantitative estimate of drug-likeness (QED) is 0.552. The summed E-state index contributed by atoms with van der Waals surface area (Å²) >= 11 is 0. The predicted octanol–water partition coefficient (Wildman–Crippen LogP) is 3.04. The molecule has 0 aromatic carbocycles. The number of aliphatic hydroxyl groups excluding tert-OH is 2. The van der Waals surface area contributed by atoms with Crippen LogP contribution in [-0.4, -0.2) is 58.9 Å². The SMILES string of the molecule is CCCCC(O)C1CCC(C2CCC(C(O)CCCC3=CC(C)OC3=O)O2)O1. The fraction of sp³-hybridized carbons (Fsp3) is 0.864. The zero-order chi connectivity index (χ0) is 20.1. The van der Waals surface area contributed by atoms with Crippen LogP contribution in [0, 0.1) is 0 Å². The Morgan fingerprint density at radius 2 is 1.57 bits per heavy atom. The van der Waals surface area contributed by atoms with Gasteiger partial charge in [0.2, 0.25) is 0 Å². The molecule has 0 spiro atoms. The average Bonchev–Trinajstić information content (AvgIpc) is 3.39. The van der Waals surface area contributed by atoms with Gasteiger partial charge in [0, 0.05) is 5.57 Å². The lowest BCUT2D eigenvalue weighted by atomic mass is 10.0. The molecule has 2 N–H and O–H groups in total. The van der Waals surface area contributed by atoms with Crippen molar-refractivity contribution in [2.24, 2.45) is 0 Å². The number of esters is 1. The summed E-state index contributed by atoms with van der Waals surface area (Å²) in [6.07, 6.45) is 9.01. The molecule has 0 aliphatic carbocycles. The minimum Gasteiger partial charge on any atom is -0.455 e. The standard InChI is InChI=1S/C22H36O6/c1-3-4-7-16(23)18-9-11-20(27-18)21-12-10-19(28-21)17(24)8-5-6-15-13-14(2)26-22(15)25/h13-14,16-21,23-24H,3-12H2,1-2H3. The van der Waals surface area contributed by atoms with Gasteiger partial charge in [-0.1, -0.05) is 19.8 Å². The van der Waals surface area contributed by atoms with Gasteiger partial charge in [-0.05, 0) is 64.4 Å². The summed E-state index contributed by atoms with van der Waals surface area (Å²) in [5.41, 5.74) is 0.719. The van der Waals surface area contributed by atoms with Gasteiger partial charge in [0.1, 0.15) is 6.10 Å². The van der Waals surface area contributed by atoms with Crippen molar-refractivity contribution in [3.63, 3.8) is 0 Å². The van der Waals surface area contributed by atoms with Gasteiger partial charge in [0.05, 0.1) is 36.6 Å². The second-order valence-electron chi connectivity index (χ2n) is 8.55. The summed E-state index contributed by atoms with van der Waals surface area (Å²) < 4.78 is 17.3. The largest absolute Gasteiger partial charge is 0.455 e. The van der Waals surface area contributed by atoms with E-state index in [9.17, 15) is 15.0 Å². The van der Waals surface area contributed by atoms with Crippen LogP contribution in [0.3, 0.4) is 0 Å². The molecule has 0 radical (unpaired) electrons. The number of cyclic esters (lactones) is 1. The fourth-order valence-corrected chi connectivity index (χ4v) is 4.59. The summed E-state index contributed by atoms with van der Waals surface area (Å²) in [4.78, 5) is 11.6. The molecular formula is C22H36O6. The van der Waals surface area contributed by atoms with E-state index in [1.807, 2.05) is 13.0 Å². The second kappa shape index (κ2) is 10.2. The molecule has 0 saturated carbocycles. The molecule has 0 aromatic rings. The first-order valence-electron chi connectivity index (χ1n) is 11.1. The van der Waals surface area contributed by atoms with Gasteiger partial charge in [0.15, 0.2) is 0 Å². The van der Waals surface area contributed by atoms with Crippen molar-refractivity contribution in [3.05, 3.63) is 11.6 Å². The highest BCUT2D eigenvalue weighted by Gasteiger charge is 2.40. The van der Waals surface area contributed by atoms with Crippen LogP contribution < -0.4 is 0 Å². The Bertz CT molecular complexity index is 547. The lowest BCUT2D eigenvalue weighted by Gasteiger charge is -2.24. The molecule has 28 heavy (non-hydrogen) atoms. The normalized spacial score (nSPS) is 35.1. The van der Waals surface area contributed by atoms with Gasteiger partial charge in [-0.25, -0.2) is 4.79 Å². The molecule has 3 rings (SSSR count). The van der Waals surface area contributed by atoms with Crippen LogP contribution in [-0.2, 0) is 19.0 Å². The lowest BCUT2D eigenvalue weighted by molar-refractivity contribution is -0.139. The summed E-state index contributed by atoms with van der Waals surface area (Å²) in [7, 11) is 0. The molecule has 160 valence electrons. The third kappa shape index (κ3) is 5.56. The number of ether oxygens (including phenoxy) is 3. The maximum atomic E-state index is 11.6. The molecule has 7 unspecified atom stereocenters. The first-order valence-corrected chi connectivity index (χ1v) is 11.1. The number of carbonyl (C=O) groups is 1. The van der Waals surface area contributed by atoms with E-state index < -0.39 is 6.10 Å². The van der Waals surface area contributed by atoms with Crippen molar-refractivity contribution in [1.29, 1.82) is 0 Å². The highest BCUT2D eigenvalue weighted by molar-refractivity contribution is 5.90. The highest BCUT2D eigenvalue weighted by atomic mass is 16.6. The monoisotopic (exact) mass is 396 g/mol. The smallest absolute Gasteiger partial charge is 0.334 e. The van der Waals surface area contributed by atoms with Gasteiger partial charge < -0.3 is 24.4 Å². The molecule has 7 atom stereocenters. The number of unbranched alkanes of at least 4 members (excludes halogenated alkanes) is 1. The van der Waals surface area contributed by atoms with Gasteiger partial charge in [0.25, 0.3) is 0 Å². The van der Waals surface area contributed by atoms with Gasteiger partial charge in [-0.3, -0.25) is 0 Å². The van der Waals surface area contributed by atoms with Crippen LogP contribution in [0.25, 0.3) is 0 Å². The van der Waals surface area contributed by atoms with Crippen molar-refractivity contribution in [2.45, 2.75) is 121 Å². The van der Waals surface area contributed by atoms with E-state index in [4.69, 9.17) is 14.2 Å². The predicted molar refractivity (Wildman–Crippen MR) is 105 cm³/mol. The summed E-state index contributed by atoms with van der Waals surface area (Å²) in [5, 5.41) is 20.8. The van der Waals surface area contributed by atoms with Gasteiger partial charge in [-0.2, -0.15) is 0 Å². The Balaban J connectivity index is 1.37. The summed E-state index contributed by atoms with van der Waals surface area (Å²) in [6.45, 7) is 3.98. The summed E-state index contributed by atoms with van der Waals surface area (Å²) in [5.74, 6) is -0.228. The van der Waals surface area contributed by atoms with Crippen LogP contribution in [0.1, 0.15) is 78.1 Å². The second-order valence-corrected chi connectivity index (χ2v) is 8.55. The fourth-order valence-electron chi connectivity index (χ4n) is 4.59. The van der Waals surface area contributed by atoms with Crippen molar-refractivity contribution in [2.75, 3.05) is 0 Å². The number of rotatable bonds is 10. The van der Waals surface area contributed by atoms with E-state index in [0.717, 1.165) is 56.9 Å². The molecule has 3 aliphatic heterocycles. The maximum absolute atomic E-state index is 11.6. The number of hydrogen-bond acceptors (Lipinski definition) is 6. The molecular weight excluding hydrogens is 360 g/mol. The van der Waals surface area contributed by atoms with Crippen molar-refractivity contribution < 1.29 is 29.2 Å². The molecule has 0 bridgehead atoms. The maximum Gasteiger partial charge on any atom is 0.334 e. The first kappa shape index (κ1) is 21.8. The molecule has 2 fully saturated rings. The topological polar surface area (TPSA) is 85.2 Å². The van der Waals surface area contributed by atoms with Crippen molar-refractivity contribution in [1.82, 2.24) is 0 Å². The van der Waals surface area contributed by atoms with E-state index in [1.165, 1.54) is 0 Å². The Kier molecular flexibility index (Phi) is 7.92. The Morgan fingerprint density at radius 3 is 2.07 bits per heavy atom. The van der Waals surface area contributed by atoms with E-state index in [2.05, 4.69) is 6.92 Å². The van der Waals surface area contributed by atoms with E-state index in [0.29, 0.717) is 12.8 Å². The van der Waals surface area contributed by atoms with Gasteiger partial charge in [-0.15, -0.1) is 0 Å². The molecule has 2 saturated heterocycles. The van der Waals surface area contributed by atoms with E-state index in [1.54, 1.807) is 0 Å². The molecule has 6 nitrogen and oxygen atoms in total. The van der Waals surface area contributed by atoms with Crippen LogP contribution in [0.4, 0.5) is 0 Å². The molecule has 3 aliphatic rings. The Hall–Kier alpha value is -0.950. The third-order valence-corrected chi connectivity index (χ3v) is 6.23. The minimum absolute atomic E-state index is 0.0105. The van der Waals surface area contributed by atoms with E-state index >= 15 is 0 Å². The third-order valence-electron chi connectivity index (χ3n) is 6.23.